The van der Waals surface area contributed by atoms with Gasteiger partial charge >= 0.3 is 0 Å². The second-order valence-corrected chi connectivity index (χ2v) is 7.22. The quantitative estimate of drug-likeness (QED) is 0.302. The predicted octanol–water partition coefficient (Wildman–Crippen LogP) is 4.45. The summed E-state index contributed by atoms with van der Waals surface area (Å²) in [6.07, 6.45) is 1.69. The third kappa shape index (κ3) is 3.77. The van der Waals surface area contributed by atoms with Gasteiger partial charge in [0.2, 0.25) is 0 Å². The van der Waals surface area contributed by atoms with Gasteiger partial charge in [0.25, 0.3) is 5.91 Å². The van der Waals surface area contributed by atoms with Crippen LogP contribution in [-0.4, -0.2) is 27.4 Å². The number of fused-ring (bicyclic) bond motifs is 2. The maximum absolute atomic E-state index is 12.2. The number of rotatable bonds is 6. The van der Waals surface area contributed by atoms with E-state index in [-0.39, 0.29) is 11.7 Å². The highest BCUT2D eigenvalue weighted by atomic mass is 32.2. The first-order valence-corrected chi connectivity index (χ1v) is 10.1. The zero-order chi connectivity index (χ0) is 19.3. The van der Waals surface area contributed by atoms with Gasteiger partial charge in [-0.2, -0.15) is 5.10 Å². The average molecular weight is 388 g/mol. The third-order valence-electron chi connectivity index (χ3n) is 4.48. The highest BCUT2D eigenvalue weighted by Crippen LogP contribution is 2.23. The van der Waals surface area contributed by atoms with Crippen LogP contribution < -0.4 is 5.43 Å². The molecule has 1 heterocycles. The van der Waals surface area contributed by atoms with Crippen LogP contribution in [0.15, 0.2) is 77.0 Å². The van der Waals surface area contributed by atoms with Gasteiger partial charge in [0.15, 0.2) is 5.16 Å². The summed E-state index contributed by atoms with van der Waals surface area (Å²) >= 11 is 1.42. The lowest BCUT2D eigenvalue weighted by Crippen LogP contribution is -2.20. The van der Waals surface area contributed by atoms with Crippen molar-refractivity contribution in [3.05, 3.63) is 72.3 Å². The number of imidazole rings is 1. The monoisotopic (exact) mass is 388 g/mol. The van der Waals surface area contributed by atoms with E-state index in [1.165, 1.54) is 11.8 Å². The number of thioether (sulfide) groups is 1. The lowest BCUT2D eigenvalue weighted by atomic mass is 10.1. The Kier molecular flexibility index (Phi) is 5.39. The molecule has 0 saturated heterocycles. The molecule has 1 aromatic heterocycles. The van der Waals surface area contributed by atoms with Crippen LogP contribution >= 0.6 is 11.8 Å². The highest BCUT2D eigenvalue weighted by molar-refractivity contribution is 7.99. The Hall–Kier alpha value is -3.12. The minimum Gasteiger partial charge on any atom is -0.319 e. The van der Waals surface area contributed by atoms with Crippen LogP contribution in [0, 0.1) is 0 Å². The molecule has 0 spiro atoms. The van der Waals surface area contributed by atoms with Crippen LogP contribution in [0.25, 0.3) is 21.8 Å². The molecular weight excluding hydrogens is 368 g/mol. The zero-order valence-electron chi connectivity index (χ0n) is 15.5. The van der Waals surface area contributed by atoms with E-state index in [1.54, 1.807) is 6.21 Å². The lowest BCUT2D eigenvalue weighted by molar-refractivity contribution is -0.118. The number of nitrogens with zero attached hydrogens (tertiary/aromatic N) is 3. The lowest BCUT2D eigenvalue weighted by Gasteiger charge is -2.05. The maximum Gasteiger partial charge on any atom is 0.250 e. The minimum absolute atomic E-state index is 0.156. The van der Waals surface area contributed by atoms with E-state index < -0.39 is 0 Å². The molecule has 140 valence electrons. The van der Waals surface area contributed by atoms with E-state index in [1.807, 2.05) is 54.6 Å². The number of hydrazone groups is 1. The molecule has 4 rings (SSSR count). The largest absolute Gasteiger partial charge is 0.319 e. The van der Waals surface area contributed by atoms with E-state index in [0.717, 1.165) is 39.1 Å². The van der Waals surface area contributed by atoms with E-state index in [2.05, 4.69) is 39.1 Å². The van der Waals surface area contributed by atoms with Crippen LogP contribution in [0.3, 0.4) is 0 Å². The van der Waals surface area contributed by atoms with E-state index in [0.29, 0.717) is 0 Å². The van der Waals surface area contributed by atoms with Crippen molar-refractivity contribution in [1.29, 1.82) is 0 Å². The molecule has 0 aliphatic rings. The number of carbonyl (C=O) groups excluding carboxylic acids is 1. The Balaban J connectivity index is 1.40. The summed E-state index contributed by atoms with van der Waals surface area (Å²) in [5.74, 6) is 0.104. The second-order valence-electron chi connectivity index (χ2n) is 6.28. The van der Waals surface area contributed by atoms with E-state index in [9.17, 15) is 4.79 Å². The number of carbonyl (C=O) groups is 1. The number of aryl methyl sites for hydroxylation is 1. The Morgan fingerprint density at radius 2 is 1.89 bits per heavy atom. The Morgan fingerprint density at radius 3 is 2.79 bits per heavy atom. The summed E-state index contributed by atoms with van der Waals surface area (Å²) in [5, 5.41) is 7.22. The molecule has 0 aliphatic carbocycles. The molecule has 0 aliphatic heterocycles. The highest BCUT2D eigenvalue weighted by Gasteiger charge is 2.11. The molecule has 0 unspecified atom stereocenters. The minimum atomic E-state index is -0.156. The number of benzene rings is 3. The van der Waals surface area contributed by atoms with Gasteiger partial charge in [-0.3, -0.25) is 4.79 Å². The molecule has 0 saturated carbocycles. The summed E-state index contributed by atoms with van der Waals surface area (Å²) in [6.45, 7) is 2.89. The van der Waals surface area contributed by atoms with E-state index in [4.69, 9.17) is 0 Å². The third-order valence-corrected chi connectivity index (χ3v) is 5.46. The fourth-order valence-electron chi connectivity index (χ4n) is 3.17. The molecule has 1 amide bonds. The number of hydrogen-bond donors (Lipinski definition) is 1. The Morgan fingerprint density at radius 1 is 1.11 bits per heavy atom. The number of nitrogens with one attached hydrogen (secondary N) is 1. The summed E-state index contributed by atoms with van der Waals surface area (Å²) in [6, 6.07) is 22.1. The van der Waals surface area contributed by atoms with E-state index >= 15 is 0 Å². The van der Waals surface area contributed by atoms with Crippen molar-refractivity contribution >= 4 is 45.7 Å². The normalized spacial score (nSPS) is 11.5. The van der Waals surface area contributed by atoms with Crippen molar-refractivity contribution in [3.8, 4) is 0 Å². The fourth-order valence-corrected chi connectivity index (χ4v) is 4.04. The second kappa shape index (κ2) is 8.27. The van der Waals surface area contributed by atoms with Gasteiger partial charge in [-0.1, -0.05) is 66.4 Å². The predicted molar refractivity (Wildman–Crippen MR) is 116 cm³/mol. The van der Waals surface area contributed by atoms with Gasteiger partial charge < -0.3 is 4.57 Å². The van der Waals surface area contributed by atoms with Crippen LogP contribution in [0.5, 0.6) is 0 Å². The Bertz CT molecular complexity index is 1160. The molecule has 28 heavy (non-hydrogen) atoms. The first-order valence-electron chi connectivity index (χ1n) is 9.14. The van der Waals surface area contributed by atoms with Gasteiger partial charge in [0.1, 0.15) is 0 Å². The Labute approximate surface area is 167 Å². The van der Waals surface area contributed by atoms with Gasteiger partial charge in [-0.25, -0.2) is 10.4 Å². The molecule has 0 bridgehead atoms. The maximum atomic E-state index is 12.2. The first-order chi connectivity index (χ1) is 13.8. The van der Waals surface area contributed by atoms with Crippen molar-refractivity contribution in [2.24, 2.45) is 5.10 Å². The summed E-state index contributed by atoms with van der Waals surface area (Å²) in [4.78, 5) is 16.8. The van der Waals surface area contributed by atoms with Gasteiger partial charge in [0.05, 0.1) is 23.0 Å². The first kappa shape index (κ1) is 18.3. The molecule has 5 nitrogen and oxygen atoms in total. The number of hydrogen-bond acceptors (Lipinski definition) is 4. The SMILES string of the molecule is CCn1c(SCC(=O)NN=Cc2cccc3ccccc23)nc2ccccc21. The van der Waals surface area contributed by atoms with Crippen LogP contribution in [0.2, 0.25) is 0 Å². The number of amides is 1. The fraction of sp³-hybridized carbons (Fsp3) is 0.136. The molecule has 4 aromatic rings. The summed E-state index contributed by atoms with van der Waals surface area (Å²) in [5.41, 5.74) is 5.61. The van der Waals surface area contributed by atoms with Crippen LogP contribution in [0.4, 0.5) is 0 Å². The van der Waals surface area contributed by atoms with Crippen LogP contribution in [-0.2, 0) is 11.3 Å². The van der Waals surface area contributed by atoms with Crippen molar-refractivity contribution in [2.45, 2.75) is 18.6 Å². The molecular formula is C22H20N4OS. The number of aromatic nitrogens is 2. The van der Waals surface area contributed by atoms with Gasteiger partial charge in [0, 0.05) is 12.1 Å². The van der Waals surface area contributed by atoms with Crippen molar-refractivity contribution < 1.29 is 4.79 Å². The number of para-hydroxylation sites is 2. The standard InChI is InChI=1S/C22H20N4OS/c1-2-26-20-13-6-5-12-19(20)24-22(26)28-15-21(27)25-23-14-17-10-7-9-16-8-3-4-11-18(16)17/h3-14H,2,15H2,1H3,(H,25,27). The van der Waals surface area contributed by atoms with Crippen LogP contribution in [0.1, 0.15) is 12.5 Å². The molecule has 1 N–H and O–H groups in total. The smallest absolute Gasteiger partial charge is 0.250 e. The van der Waals surface area contributed by atoms with Crippen molar-refractivity contribution in [3.63, 3.8) is 0 Å². The molecule has 3 aromatic carbocycles. The average Bonchev–Trinajstić information content (AvgIpc) is 3.10. The van der Waals surface area contributed by atoms with Crippen molar-refractivity contribution in [1.82, 2.24) is 15.0 Å². The van der Waals surface area contributed by atoms with Crippen molar-refractivity contribution in [2.75, 3.05) is 5.75 Å². The molecule has 0 radical (unpaired) electrons. The molecule has 0 atom stereocenters. The summed E-state index contributed by atoms with van der Waals surface area (Å²) < 4.78 is 2.12. The summed E-state index contributed by atoms with van der Waals surface area (Å²) in [7, 11) is 0. The van der Waals surface area contributed by atoms with Gasteiger partial charge in [-0.15, -0.1) is 0 Å². The topological polar surface area (TPSA) is 59.3 Å². The van der Waals surface area contributed by atoms with Gasteiger partial charge in [-0.05, 0) is 29.8 Å². The molecule has 0 fully saturated rings. The zero-order valence-corrected chi connectivity index (χ0v) is 16.3. The molecule has 6 heteroatoms.